The summed E-state index contributed by atoms with van der Waals surface area (Å²) < 4.78 is 7.23. The summed E-state index contributed by atoms with van der Waals surface area (Å²) in [5.41, 5.74) is 0.972. The molecule has 0 radical (unpaired) electrons. The van der Waals surface area contributed by atoms with Gasteiger partial charge in [-0.05, 0) is 32.4 Å². The van der Waals surface area contributed by atoms with Gasteiger partial charge in [0.2, 0.25) is 5.28 Å². The number of ether oxygens (including phenoxy) is 1. The summed E-state index contributed by atoms with van der Waals surface area (Å²) in [4.78, 5) is 26.5. The maximum atomic E-state index is 12.3. The normalized spacial score (nSPS) is 13.8. The van der Waals surface area contributed by atoms with E-state index in [2.05, 4.69) is 20.3 Å². The molecule has 2 aromatic rings. The van der Waals surface area contributed by atoms with Gasteiger partial charge >= 0.3 is 6.09 Å². The predicted octanol–water partition coefficient (Wildman–Crippen LogP) is 2.86. The minimum Gasteiger partial charge on any atom is -0.444 e. The van der Waals surface area contributed by atoms with Crippen LogP contribution in [-0.4, -0.2) is 36.1 Å². The van der Waals surface area contributed by atoms with E-state index in [1.165, 1.54) is 0 Å². The second-order valence-corrected chi connectivity index (χ2v) is 6.99. The lowest BCUT2D eigenvalue weighted by Gasteiger charge is -2.24. The van der Waals surface area contributed by atoms with E-state index in [9.17, 15) is 4.79 Å². The van der Waals surface area contributed by atoms with Gasteiger partial charge < -0.3 is 14.6 Å². The Bertz CT molecular complexity index is 783. The molecule has 0 saturated heterocycles. The molecule has 1 N–H and O–H groups in total. The predicted molar refractivity (Wildman–Crippen MR) is 89.0 cm³/mol. The molecule has 128 valence electrons. The Labute approximate surface area is 144 Å². The number of amides is 1. The molecule has 0 atom stereocenters. The van der Waals surface area contributed by atoms with Crippen molar-refractivity contribution in [3.63, 3.8) is 0 Å². The molecule has 0 aliphatic carbocycles. The highest BCUT2D eigenvalue weighted by Gasteiger charge is 2.31. The van der Waals surface area contributed by atoms with Crippen molar-refractivity contribution >= 4 is 29.3 Å². The number of aryl methyl sites for hydroxylation is 1. The molecule has 1 aliphatic rings. The van der Waals surface area contributed by atoms with E-state index in [1.54, 1.807) is 11.2 Å². The molecule has 24 heavy (non-hydrogen) atoms. The van der Waals surface area contributed by atoms with Crippen molar-refractivity contribution in [3.05, 3.63) is 29.1 Å². The van der Waals surface area contributed by atoms with Crippen LogP contribution in [0.3, 0.4) is 0 Å². The fraction of sp³-hybridized carbons (Fsp3) is 0.467. The summed E-state index contributed by atoms with van der Waals surface area (Å²) in [6, 6.07) is 0. The molecule has 0 unspecified atom stereocenters. The lowest BCUT2D eigenvalue weighted by atomic mass is 10.2. The number of carbonyl (C=O) groups is 1. The Morgan fingerprint density at radius 2 is 2.08 bits per heavy atom. The summed E-state index contributed by atoms with van der Waals surface area (Å²) in [6.07, 6.45) is 3.11. The standard InChI is InChI=1S/C15H19ClN6O2/c1-15(2,3)24-14(23)22-5-9-10(6-22)18-13(16)20-12(9)19-11-7-21(4)8-17-11/h7-8H,5-6H2,1-4H3,(H,18,19,20). The molecule has 8 nitrogen and oxygen atoms in total. The number of nitrogens with one attached hydrogen (secondary N) is 1. The van der Waals surface area contributed by atoms with Crippen molar-refractivity contribution in [1.82, 2.24) is 24.4 Å². The van der Waals surface area contributed by atoms with E-state index in [0.717, 1.165) is 5.56 Å². The van der Waals surface area contributed by atoms with Gasteiger partial charge in [-0.25, -0.2) is 19.7 Å². The van der Waals surface area contributed by atoms with Gasteiger partial charge in [0.1, 0.15) is 17.2 Å². The van der Waals surface area contributed by atoms with E-state index in [0.29, 0.717) is 30.4 Å². The number of rotatable bonds is 2. The largest absolute Gasteiger partial charge is 0.444 e. The van der Waals surface area contributed by atoms with Gasteiger partial charge in [0.25, 0.3) is 0 Å². The Balaban J connectivity index is 1.83. The molecule has 2 aromatic heterocycles. The van der Waals surface area contributed by atoms with Gasteiger partial charge in [-0.2, -0.15) is 0 Å². The summed E-state index contributed by atoms with van der Waals surface area (Å²) in [5.74, 6) is 1.19. The quantitative estimate of drug-likeness (QED) is 0.838. The lowest BCUT2D eigenvalue weighted by Crippen LogP contribution is -2.33. The molecular weight excluding hydrogens is 332 g/mol. The third-order valence-corrected chi connectivity index (χ3v) is 3.53. The fourth-order valence-electron chi connectivity index (χ4n) is 2.38. The number of carbonyl (C=O) groups excluding carboxylic acids is 1. The number of anilines is 2. The van der Waals surface area contributed by atoms with Gasteiger partial charge in [0.15, 0.2) is 0 Å². The second kappa shape index (κ2) is 5.94. The number of fused-ring (bicyclic) bond motifs is 1. The number of imidazole rings is 1. The van der Waals surface area contributed by atoms with Crippen molar-refractivity contribution < 1.29 is 9.53 Å². The van der Waals surface area contributed by atoms with Crippen LogP contribution in [0.15, 0.2) is 12.5 Å². The van der Waals surface area contributed by atoms with Crippen LogP contribution in [-0.2, 0) is 24.9 Å². The van der Waals surface area contributed by atoms with Crippen LogP contribution < -0.4 is 5.32 Å². The Kier molecular flexibility index (Phi) is 4.08. The van der Waals surface area contributed by atoms with Crippen LogP contribution in [0.25, 0.3) is 0 Å². The maximum absolute atomic E-state index is 12.3. The lowest BCUT2D eigenvalue weighted by molar-refractivity contribution is 0.0241. The SMILES string of the molecule is Cn1cnc(Nc2nc(Cl)nc3c2CN(C(=O)OC(C)(C)C)C3)c1. The molecule has 1 amide bonds. The third-order valence-electron chi connectivity index (χ3n) is 3.36. The summed E-state index contributed by atoms with van der Waals surface area (Å²) in [7, 11) is 1.87. The van der Waals surface area contributed by atoms with Gasteiger partial charge in [0.05, 0.1) is 25.1 Å². The minimum atomic E-state index is -0.551. The number of hydrogen-bond donors (Lipinski definition) is 1. The van der Waals surface area contributed by atoms with Gasteiger partial charge in [-0.15, -0.1) is 0 Å². The molecule has 0 aromatic carbocycles. The monoisotopic (exact) mass is 350 g/mol. The number of halogens is 1. The van der Waals surface area contributed by atoms with E-state index in [-0.39, 0.29) is 11.4 Å². The molecule has 1 aliphatic heterocycles. The maximum Gasteiger partial charge on any atom is 0.410 e. The Hall–Kier alpha value is -2.35. The molecule has 0 fully saturated rings. The summed E-state index contributed by atoms with van der Waals surface area (Å²) in [6.45, 7) is 6.19. The van der Waals surface area contributed by atoms with Crippen molar-refractivity contribution in [3.8, 4) is 0 Å². The van der Waals surface area contributed by atoms with E-state index in [1.807, 2.05) is 38.6 Å². The zero-order valence-electron chi connectivity index (χ0n) is 14.0. The van der Waals surface area contributed by atoms with Crippen LogP contribution in [0.2, 0.25) is 5.28 Å². The molecule has 3 heterocycles. The second-order valence-electron chi connectivity index (χ2n) is 6.65. The molecule has 0 saturated carbocycles. The number of hydrogen-bond acceptors (Lipinski definition) is 6. The van der Waals surface area contributed by atoms with E-state index >= 15 is 0 Å². The zero-order valence-corrected chi connectivity index (χ0v) is 14.8. The Morgan fingerprint density at radius 1 is 1.33 bits per heavy atom. The minimum absolute atomic E-state index is 0.123. The first kappa shape index (κ1) is 16.5. The van der Waals surface area contributed by atoms with Crippen molar-refractivity contribution in [2.24, 2.45) is 7.05 Å². The topological polar surface area (TPSA) is 85.2 Å². The summed E-state index contributed by atoms with van der Waals surface area (Å²) >= 11 is 6.01. The third kappa shape index (κ3) is 3.59. The first-order chi connectivity index (χ1) is 11.2. The molecular formula is C15H19ClN6O2. The first-order valence-electron chi connectivity index (χ1n) is 7.49. The van der Waals surface area contributed by atoms with Crippen molar-refractivity contribution in [1.29, 1.82) is 0 Å². The average molecular weight is 351 g/mol. The highest BCUT2D eigenvalue weighted by Crippen LogP contribution is 2.30. The molecule has 3 rings (SSSR count). The molecule has 0 spiro atoms. The van der Waals surface area contributed by atoms with Crippen molar-refractivity contribution in [2.45, 2.75) is 39.5 Å². The van der Waals surface area contributed by atoms with Crippen LogP contribution in [0.1, 0.15) is 32.0 Å². The van der Waals surface area contributed by atoms with Crippen molar-refractivity contribution in [2.75, 3.05) is 5.32 Å². The van der Waals surface area contributed by atoms with Gasteiger partial charge in [-0.1, -0.05) is 0 Å². The average Bonchev–Trinajstić information content (AvgIpc) is 3.03. The van der Waals surface area contributed by atoms with E-state index < -0.39 is 5.60 Å². The van der Waals surface area contributed by atoms with E-state index in [4.69, 9.17) is 16.3 Å². The van der Waals surface area contributed by atoms with Crippen LogP contribution in [0.5, 0.6) is 0 Å². The molecule has 0 bridgehead atoms. The zero-order chi connectivity index (χ0) is 17.5. The van der Waals surface area contributed by atoms with Gasteiger partial charge in [0, 0.05) is 18.8 Å². The van der Waals surface area contributed by atoms with Crippen LogP contribution >= 0.6 is 11.6 Å². The van der Waals surface area contributed by atoms with Crippen LogP contribution in [0, 0.1) is 0 Å². The number of nitrogens with zero attached hydrogens (tertiary/aromatic N) is 5. The van der Waals surface area contributed by atoms with Crippen LogP contribution in [0.4, 0.5) is 16.4 Å². The van der Waals surface area contributed by atoms with Gasteiger partial charge in [-0.3, -0.25) is 4.90 Å². The highest BCUT2D eigenvalue weighted by atomic mass is 35.5. The highest BCUT2D eigenvalue weighted by molar-refractivity contribution is 6.28. The molecule has 9 heteroatoms. The Morgan fingerprint density at radius 3 is 2.71 bits per heavy atom. The summed E-state index contributed by atoms with van der Waals surface area (Å²) in [5, 5.41) is 3.25. The number of aromatic nitrogens is 4. The smallest absolute Gasteiger partial charge is 0.410 e. The fourth-order valence-corrected chi connectivity index (χ4v) is 2.57. The first-order valence-corrected chi connectivity index (χ1v) is 7.87.